The average Bonchev–Trinajstić information content (AvgIpc) is 3.17. The van der Waals surface area contributed by atoms with Crippen LogP contribution in [0.15, 0.2) is 24.3 Å². The Kier molecular flexibility index (Phi) is 6.34. The van der Waals surface area contributed by atoms with Gasteiger partial charge in [-0.15, -0.1) is 5.10 Å². The smallest absolute Gasteiger partial charge is 0.368 e. The molecule has 1 saturated heterocycles. The van der Waals surface area contributed by atoms with Crippen LogP contribution in [-0.2, 0) is 11.0 Å². The van der Waals surface area contributed by atoms with Crippen molar-refractivity contribution in [1.29, 1.82) is 0 Å². The predicted octanol–water partition coefficient (Wildman–Crippen LogP) is 2.34. The van der Waals surface area contributed by atoms with Gasteiger partial charge in [-0.1, -0.05) is 11.6 Å². The van der Waals surface area contributed by atoms with Gasteiger partial charge in [-0.2, -0.15) is 18.2 Å². The van der Waals surface area contributed by atoms with Crippen molar-refractivity contribution in [3.8, 4) is 0 Å². The van der Waals surface area contributed by atoms with E-state index >= 15 is 0 Å². The van der Waals surface area contributed by atoms with Crippen LogP contribution < -0.4 is 15.5 Å². The van der Waals surface area contributed by atoms with E-state index in [0.717, 1.165) is 5.69 Å². The monoisotopic (exact) mass is 445 g/mol. The molecule has 9 nitrogen and oxygen atoms in total. The zero-order valence-electron chi connectivity index (χ0n) is 15.8. The highest BCUT2D eigenvalue weighted by Gasteiger charge is 2.35. The van der Waals surface area contributed by atoms with Gasteiger partial charge in [-0.3, -0.25) is 15.2 Å². The molecule has 1 aliphatic heterocycles. The van der Waals surface area contributed by atoms with Crippen LogP contribution in [0.5, 0.6) is 0 Å². The average molecular weight is 446 g/mol. The summed E-state index contributed by atoms with van der Waals surface area (Å²) in [4.78, 5) is 31.3. The van der Waals surface area contributed by atoms with Crippen LogP contribution in [0.4, 0.5) is 29.6 Å². The third-order valence-corrected chi connectivity index (χ3v) is 4.73. The van der Waals surface area contributed by atoms with Crippen LogP contribution in [0.2, 0.25) is 5.02 Å². The summed E-state index contributed by atoms with van der Waals surface area (Å²) in [5.41, 5.74) is 0.997. The summed E-state index contributed by atoms with van der Waals surface area (Å²) in [6, 6.07) is 5.94. The number of benzene rings is 1. The molecule has 162 valence electrons. The second-order valence-electron chi connectivity index (χ2n) is 6.62. The number of hydrogen-bond acceptors (Lipinski definition) is 5. The standard InChI is InChI=1S/C17H19ClF3N7O2/c1-10(13(29)23-15-24-14(25-26-15)17(19,20)21)22-16(30)28-8-6-27(7-9-28)12-4-2-11(18)3-5-12/h2-5,10H,6-9H2,1H3,(H,22,30)(H2,23,24,25,26,29). The van der Waals surface area contributed by atoms with Gasteiger partial charge >= 0.3 is 12.2 Å². The van der Waals surface area contributed by atoms with Gasteiger partial charge in [-0.25, -0.2) is 4.79 Å². The molecule has 3 rings (SSSR count). The number of carbonyl (C=O) groups is 2. The lowest BCUT2D eigenvalue weighted by Gasteiger charge is -2.36. The first kappa shape index (κ1) is 21.7. The molecule has 0 saturated carbocycles. The number of H-pyrrole nitrogens is 1. The number of carbonyl (C=O) groups excluding carboxylic acids is 2. The molecule has 30 heavy (non-hydrogen) atoms. The molecule has 1 unspecified atom stereocenters. The number of aromatic amines is 1. The normalized spacial score (nSPS) is 15.6. The van der Waals surface area contributed by atoms with Crippen molar-refractivity contribution in [2.75, 3.05) is 36.4 Å². The molecule has 2 aromatic rings. The third-order valence-electron chi connectivity index (χ3n) is 4.48. The Bertz CT molecular complexity index is 896. The Morgan fingerprint density at radius 2 is 1.80 bits per heavy atom. The second-order valence-corrected chi connectivity index (χ2v) is 7.05. The summed E-state index contributed by atoms with van der Waals surface area (Å²) < 4.78 is 37.5. The van der Waals surface area contributed by atoms with Crippen LogP contribution in [0.1, 0.15) is 12.7 Å². The SMILES string of the molecule is CC(NC(=O)N1CCN(c2ccc(Cl)cc2)CC1)C(=O)Nc1n[nH]c(C(F)(F)F)n1. The van der Waals surface area contributed by atoms with Gasteiger partial charge < -0.3 is 15.1 Å². The van der Waals surface area contributed by atoms with Gasteiger partial charge in [0.25, 0.3) is 0 Å². The van der Waals surface area contributed by atoms with Crippen LogP contribution in [-0.4, -0.2) is 64.2 Å². The summed E-state index contributed by atoms with van der Waals surface area (Å²) in [5, 5.41) is 10.3. The maximum atomic E-state index is 12.5. The third kappa shape index (κ3) is 5.32. The second kappa shape index (κ2) is 8.78. The van der Waals surface area contributed by atoms with E-state index in [2.05, 4.69) is 25.6 Å². The number of piperazine rings is 1. The van der Waals surface area contributed by atoms with Crippen molar-refractivity contribution >= 4 is 35.2 Å². The van der Waals surface area contributed by atoms with Gasteiger partial charge in [0.2, 0.25) is 17.7 Å². The minimum Gasteiger partial charge on any atom is -0.368 e. The minimum atomic E-state index is -4.70. The lowest BCUT2D eigenvalue weighted by atomic mass is 10.2. The number of hydrogen-bond donors (Lipinski definition) is 3. The largest absolute Gasteiger partial charge is 0.451 e. The first-order valence-electron chi connectivity index (χ1n) is 9.00. The molecule has 2 heterocycles. The first-order chi connectivity index (χ1) is 14.1. The summed E-state index contributed by atoms with van der Waals surface area (Å²) in [6.07, 6.45) is -4.70. The van der Waals surface area contributed by atoms with Gasteiger partial charge in [0, 0.05) is 36.9 Å². The fraction of sp³-hybridized carbons (Fsp3) is 0.412. The highest BCUT2D eigenvalue weighted by Crippen LogP contribution is 2.26. The van der Waals surface area contributed by atoms with Crippen molar-refractivity contribution in [2.24, 2.45) is 0 Å². The number of nitrogens with zero attached hydrogens (tertiary/aromatic N) is 4. The van der Waals surface area contributed by atoms with Crippen LogP contribution >= 0.6 is 11.6 Å². The number of amides is 3. The molecule has 0 aliphatic carbocycles. The van der Waals surface area contributed by atoms with Crippen LogP contribution in [0.25, 0.3) is 0 Å². The molecule has 1 atom stereocenters. The maximum Gasteiger partial charge on any atom is 0.451 e. The Hall–Kier alpha value is -3.02. The van der Waals surface area contributed by atoms with Crippen molar-refractivity contribution < 1.29 is 22.8 Å². The van der Waals surface area contributed by atoms with Crippen molar-refractivity contribution in [2.45, 2.75) is 19.1 Å². The number of urea groups is 1. The van der Waals surface area contributed by atoms with Crippen molar-refractivity contribution in [3.63, 3.8) is 0 Å². The Labute approximate surface area is 174 Å². The molecular weight excluding hydrogens is 427 g/mol. The molecular formula is C17H19ClF3N7O2. The topological polar surface area (TPSA) is 106 Å². The van der Waals surface area contributed by atoms with Crippen molar-refractivity contribution in [3.05, 3.63) is 35.1 Å². The van der Waals surface area contributed by atoms with Gasteiger partial charge in [0.15, 0.2) is 0 Å². The minimum absolute atomic E-state index is 0.443. The van der Waals surface area contributed by atoms with E-state index in [9.17, 15) is 22.8 Å². The predicted molar refractivity (Wildman–Crippen MR) is 103 cm³/mol. The quantitative estimate of drug-likeness (QED) is 0.669. The molecule has 0 bridgehead atoms. The first-order valence-corrected chi connectivity index (χ1v) is 9.37. The molecule has 13 heteroatoms. The summed E-state index contributed by atoms with van der Waals surface area (Å²) >= 11 is 5.89. The molecule has 1 aromatic carbocycles. The number of nitrogens with one attached hydrogen (secondary N) is 3. The number of halogens is 4. The van der Waals surface area contributed by atoms with Crippen LogP contribution in [0, 0.1) is 0 Å². The van der Waals surface area contributed by atoms with Gasteiger partial charge in [0.05, 0.1) is 0 Å². The van der Waals surface area contributed by atoms with E-state index in [1.807, 2.05) is 12.1 Å². The lowest BCUT2D eigenvalue weighted by molar-refractivity contribution is -0.144. The number of rotatable bonds is 4. The number of anilines is 2. The zero-order valence-corrected chi connectivity index (χ0v) is 16.6. The molecule has 1 fully saturated rings. The van der Waals surface area contributed by atoms with E-state index in [0.29, 0.717) is 31.2 Å². The highest BCUT2D eigenvalue weighted by molar-refractivity contribution is 6.30. The van der Waals surface area contributed by atoms with Crippen LogP contribution in [0.3, 0.4) is 0 Å². The van der Waals surface area contributed by atoms with E-state index in [-0.39, 0.29) is 0 Å². The van der Waals surface area contributed by atoms with E-state index < -0.39 is 35.9 Å². The van der Waals surface area contributed by atoms with Gasteiger partial charge in [-0.05, 0) is 31.2 Å². The van der Waals surface area contributed by atoms with Crippen molar-refractivity contribution in [1.82, 2.24) is 25.4 Å². The maximum absolute atomic E-state index is 12.5. The molecule has 0 radical (unpaired) electrons. The summed E-state index contributed by atoms with van der Waals surface area (Å²) in [7, 11) is 0. The number of aromatic nitrogens is 3. The Balaban J connectivity index is 1.48. The van der Waals surface area contributed by atoms with E-state index in [1.165, 1.54) is 6.92 Å². The molecule has 1 aromatic heterocycles. The summed E-state index contributed by atoms with van der Waals surface area (Å²) in [5.74, 6) is -2.59. The zero-order chi connectivity index (χ0) is 21.9. The summed E-state index contributed by atoms with van der Waals surface area (Å²) in [6.45, 7) is 3.51. The fourth-order valence-corrected chi connectivity index (χ4v) is 2.95. The van der Waals surface area contributed by atoms with E-state index in [1.54, 1.807) is 22.1 Å². The molecule has 0 spiro atoms. The molecule has 3 N–H and O–H groups in total. The Morgan fingerprint density at radius 3 is 2.37 bits per heavy atom. The molecule has 3 amide bonds. The van der Waals surface area contributed by atoms with Gasteiger partial charge in [0.1, 0.15) is 6.04 Å². The number of alkyl halides is 3. The fourth-order valence-electron chi connectivity index (χ4n) is 2.82. The van der Waals surface area contributed by atoms with E-state index in [4.69, 9.17) is 11.6 Å². The molecule has 1 aliphatic rings. The highest BCUT2D eigenvalue weighted by atomic mass is 35.5. The lowest BCUT2D eigenvalue weighted by Crippen LogP contribution is -2.54. The Morgan fingerprint density at radius 1 is 1.17 bits per heavy atom.